The molecule has 1 aliphatic heterocycles. The minimum atomic E-state index is 0.895. The molecule has 0 amide bonds. The van der Waals surface area contributed by atoms with E-state index in [4.69, 9.17) is 4.99 Å². The molecule has 0 unspecified atom stereocenters. The van der Waals surface area contributed by atoms with Crippen LogP contribution in [0.25, 0.3) is 10.9 Å². The third kappa shape index (κ3) is 3.81. The molecule has 0 spiro atoms. The van der Waals surface area contributed by atoms with Crippen molar-refractivity contribution in [3.63, 3.8) is 0 Å². The highest BCUT2D eigenvalue weighted by molar-refractivity contribution is 5.88. The summed E-state index contributed by atoms with van der Waals surface area (Å²) in [6.45, 7) is 2.88. The lowest BCUT2D eigenvalue weighted by Crippen LogP contribution is -2.24. The standard InChI is InChI=1S/C26H25N3/c1-3-10-21(11-4-1)18-29-20-22(24-14-7-8-15-25(24)29)19-28-17-9-16-26(28)27-23-12-5-2-6-13-23/h1-8,10-15,20H,9,16-19H2. The smallest absolute Gasteiger partial charge is 0.105 e. The Bertz CT molecular complexity index is 1130. The van der Waals surface area contributed by atoms with Crippen LogP contribution in [0, 0.1) is 0 Å². The van der Waals surface area contributed by atoms with E-state index < -0.39 is 0 Å². The normalized spacial score (nSPS) is 15.4. The van der Waals surface area contributed by atoms with Gasteiger partial charge in [0.15, 0.2) is 0 Å². The van der Waals surface area contributed by atoms with E-state index in [9.17, 15) is 0 Å². The molecular weight excluding hydrogens is 354 g/mol. The molecule has 1 aliphatic rings. The Kier molecular flexibility index (Phi) is 4.87. The second kappa shape index (κ2) is 7.96. The van der Waals surface area contributed by atoms with Crippen LogP contribution >= 0.6 is 0 Å². The summed E-state index contributed by atoms with van der Waals surface area (Å²) in [6, 6.07) is 29.7. The number of amidine groups is 1. The zero-order valence-electron chi connectivity index (χ0n) is 16.5. The molecule has 3 aromatic carbocycles. The first-order valence-corrected chi connectivity index (χ1v) is 10.3. The fraction of sp³-hybridized carbons (Fsp3) is 0.192. The van der Waals surface area contributed by atoms with Gasteiger partial charge in [-0.2, -0.15) is 0 Å². The van der Waals surface area contributed by atoms with Crippen molar-refractivity contribution in [1.82, 2.24) is 9.47 Å². The van der Waals surface area contributed by atoms with E-state index in [1.54, 1.807) is 0 Å². The third-order valence-electron chi connectivity index (χ3n) is 5.64. The molecule has 1 fully saturated rings. The number of hydrogen-bond donors (Lipinski definition) is 0. The maximum Gasteiger partial charge on any atom is 0.105 e. The van der Waals surface area contributed by atoms with E-state index in [1.165, 1.54) is 34.3 Å². The molecule has 0 saturated carbocycles. The minimum Gasteiger partial charge on any atom is -0.356 e. The summed E-state index contributed by atoms with van der Waals surface area (Å²) in [5, 5.41) is 1.34. The molecule has 29 heavy (non-hydrogen) atoms. The molecule has 3 nitrogen and oxygen atoms in total. The number of fused-ring (bicyclic) bond motifs is 1. The molecule has 0 radical (unpaired) electrons. The molecule has 1 saturated heterocycles. The van der Waals surface area contributed by atoms with Crippen LogP contribution in [-0.4, -0.2) is 21.8 Å². The van der Waals surface area contributed by atoms with E-state index in [2.05, 4.69) is 94.5 Å². The van der Waals surface area contributed by atoms with Gasteiger partial charge in [-0.15, -0.1) is 0 Å². The van der Waals surface area contributed by atoms with Crippen molar-refractivity contribution >= 4 is 22.4 Å². The van der Waals surface area contributed by atoms with Gasteiger partial charge in [0, 0.05) is 43.2 Å². The maximum absolute atomic E-state index is 4.93. The van der Waals surface area contributed by atoms with Crippen molar-refractivity contribution in [3.05, 3.63) is 102 Å². The van der Waals surface area contributed by atoms with Gasteiger partial charge >= 0.3 is 0 Å². The van der Waals surface area contributed by atoms with Crippen molar-refractivity contribution in [2.45, 2.75) is 25.9 Å². The monoisotopic (exact) mass is 379 g/mol. The van der Waals surface area contributed by atoms with E-state index in [0.717, 1.165) is 31.7 Å². The number of para-hydroxylation sites is 2. The SMILES string of the molecule is c1ccc(Cn2cc(CN3CCCC3=Nc3ccccc3)c3ccccc32)cc1. The Hall–Kier alpha value is -3.33. The highest BCUT2D eigenvalue weighted by Crippen LogP contribution is 2.26. The number of nitrogens with zero attached hydrogens (tertiary/aromatic N) is 3. The maximum atomic E-state index is 4.93. The molecule has 0 aliphatic carbocycles. The van der Waals surface area contributed by atoms with E-state index in [-0.39, 0.29) is 0 Å². The fourth-order valence-corrected chi connectivity index (χ4v) is 4.23. The molecule has 2 heterocycles. The van der Waals surface area contributed by atoms with Crippen LogP contribution in [0.15, 0.2) is 96.1 Å². The summed E-state index contributed by atoms with van der Waals surface area (Å²) in [7, 11) is 0. The summed E-state index contributed by atoms with van der Waals surface area (Å²) in [5.74, 6) is 1.20. The van der Waals surface area contributed by atoms with Gasteiger partial charge in [0.1, 0.15) is 5.84 Å². The number of benzene rings is 3. The minimum absolute atomic E-state index is 0.895. The van der Waals surface area contributed by atoms with Gasteiger partial charge in [-0.25, -0.2) is 4.99 Å². The van der Waals surface area contributed by atoms with E-state index in [1.807, 2.05) is 6.07 Å². The van der Waals surface area contributed by atoms with Gasteiger partial charge in [0.05, 0.1) is 5.69 Å². The first-order chi connectivity index (χ1) is 14.4. The Morgan fingerprint density at radius 2 is 1.48 bits per heavy atom. The molecule has 0 N–H and O–H groups in total. The fourth-order valence-electron chi connectivity index (χ4n) is 4.23. The molecule has 5 rings (SSSR count). The molecule has 0 bridgehead atoms. The predicted octanol–water partition coefficient (Wildman–Crippen LogP) is 6.02. The molecule has 0 atom stereocenters. The van der Waals surface area contributed by atoms with Crippen LogP contribution in [0.5, 0.6) is 0 Å². The lowest BCUT2D eigenvalue weighted by molar-refractivity contribution is 0.449. The summed E-state index contributed by atoms with van der Waals surface area (Å²) in [6.07, 6.45) is 4.56. The summed E-state index contributed by atoms with van der Waals surface area (Å²) in [5.41, 5.74) is 5.04. The largest absolute Gasteiger partial charge is 0.356 e. The lowest BCUT2D eigenvalue weighted by Gasteiger charge is -2.18. The summed E-state index contributed by atoms with van der Waals surface area (Å²) < 4.78 is 2.38. The zero-order chi connectivity index (χ0) is 19.5. The summed E-state index contributed by atoms with van der Waals surface area (Å²) >= 11 is 0. The Labute approximate surface area is 171 Å². The number of aromatic nitrogens is 1. The van der Waals surface area contributed by atoms with Gasteiger partial charge in [-0.3, -0.25) is 0 Å². The highest BCUT2D eigenvalue weighted by atomic mass is 15.2. The van der Waals surface area contributed by atoms with Crippen LogP contribution in [0.3, 0.4) is 0 Å². The number of likely N-dealkylation sites (tertiary alicyclic amines) is 1. The van der Waals surface area contributed by atoms with Crippen LogP contribution in [0.1, 0.15) is 24.0 Å². The van der Waals surface area contributed by atoms with Gasteiger partial charge in [-0.1, -0.05) is 66.7 Å². The van der Waals surface area contributed by atoms with Crippen LogP contribution in [0.2, 0.25) is 0 Å². The van der Waals surface area contributed by atoms with E-state index >= 15 is 0 Å². The quantitative estimate of drug-likeness (QED) is 0.415. The van der Waals surface area contributed by atoms with Gasteiger partial charge < -0.3 is 9.47 Å². The Morgan fingerprint density at radius 3 is 2.31 bits per heavy atom. The van der Waals surface area contributed by atoms with Gasteiger partial charge in [0.2, 0.25) is 0 Å². The van der Waals surface area contributed by atoms with E-state index in [0.29, 0.717) is 0 Å². The van der Waals surface area contributed by atoms with Crippen LogP contribution in [0.4, 0.5) is 5.69 Å². The first-order valence-electron chi connectivity index (χ1n) is 10.3. The predicted molar refractivity (Wildman–Crippen MR) is 121 cm³/mol. The Balaban J connectivity index is 1.45. The molecular formula is C26H25N3. The van der Waals surface area contributed by atoms with Crippen molar-refractivity contribution < 1.29 is 0 Å². The van der Waals surface area contributed by atoms with Crippen LogP contribution in [-0.2, 0) is 13.1 Å². The van der Waals surface area contributed by atoms with Gasteiger partial charge in [0.25, 0.3) is 0 Å². The lowest BCUT2D eigenvalue weighted by atomic mass is 10.1. The van der Waals surface area contributed by atoms with Crippen molar-refractivity contribution in [1.29, 1.82) is 0 Å². The second-order valence-electron chi connectivity index (χ2n) is 7.67. The number of hydrogen-bond acceptors (Lipinski definition) is 1. The number of aliphatic imine (C=N–C) groups is 1. The highest BCUT2D eigenvalue weighted by Gasteiger charge is 2.20. The first kappa shape index (κ1) is 17.7. The molecule has 3 heteroatoms. The molecule has 144 valence electrons. The van der Waals surface area contributed by atoms with Crippen molar-refractivity contribution in [2.24, 2.45) is 4.99 Å². The van der Waals surface area contributed by atoms with Crippen molar-refractivity contribution in [2.75, 3.05) is 6.54 Å². The average molecular weight is 380 g/mol. The molecule has 4 aromatic rings. The van der Waals surface area contributed by atoms with Gasteiger partial charge in [-0.05, 0) is 35.7 Å². The summed E-state index contributed by atoms with van der Waals surface area (Å²) in [4.78, 5) is 7.37. The third-order valence-corrected chi connectivity index (χ3v) is 5.64. The average Bonchev–Trinajstić information content (AvgIpc) is 3.35. The number of rotatable bonds is 5. The van der Waals surface area contributed by atoms with Crippen LogP contribution < -0.4 is 0 Å². The Morgan fingerprint density at radius 1 is 0.759 bits per heavy atom. The zero-order valence-corrected chi connectivity index (χ0v) is 16.5. The second-order valence-corrected chi connectivity index (χ2v) is 7.67. The van der Waals surface area contributed by atoms with Crippen molar-refractivity contribution in [3.8, 4) is 0 Å². The topological polar surface area (TPSA) is 20.5 Å². The molecule has 1 aromatic heterocycles.